The molecule has 1 aromatic heterocycles. The van der Waals surface area contributed by atoms with E-state index in [1.54, 1.807) is 36.6 Å². The van der Waals surface area contributed by atoms with Gasteiger partial charge >= 0.3 is 0 Å². The fourth-order valence-electron chi connectivity index (χ4n) is 1.66. The maximum atomic E-state index is 11.9. The van der Waals surface area contributed by atoms with Gasteiger partial charge in [-0.1, -0.05) is 0 Å². The number of rotatable bonds is 4. The average molecular weight is 262 g/mol. The van der Waals surface area contributed by atoms with Gasteiger partial charge in [0.15, 0.2) is 0 Å². The smallest absolute Gasteiger partial charge is 0.251 e. The third-order valence-electron chi connectivity index (χ3n) is 2.56. The molecule has 0 spiro atoms. The fourth-order valence-corrected chi connectivity index (χ4v) is 2.28. The minimum atomic E-state index is -0.121. The number of thiazole rings is 1. The molecule has 4 nitrogen and oxygen atoms in total. The van der Waals surface area contributed by atoms with Crippen LogP contribution in [0.5, 0.6) is 5.75 Å². The van der Waals surface area contributed by atoms with Gasteiger partial charge in [0.2, 0.25) is 0 Å². The molecule has 0 aliphatic carbocycles. The molecule has 18 heavy (non-hydrogen) atoms. The van der Waals surface area contributed by atoms with Crippen LogP contribution in [0.3, 0.4) is 0 Å². The monoisotopic (exact) mass is 262 g/mol. The summed E-state index contributed by atoms with van der Waals surface area (Å²) in [6, 6.07) is 4.72. The molecule has 1 amide bonds. The molecule has 0 saturated carbocycles. The van der Waals surface area contributed by atoms with Crippen molar-refractivity contribution in [1.29, 1.82) is 0 Å². The van der Waals surface area contributed by atoms with Gasteiger partial charge in [-0.3, -0.25) is 4.79 Å². The van der Waals surface area contributed by atoms with Gasteiger partial charge in [0.1, 0.15) is 5.75 Å². The van der Waals surface area contributed by atoms with E-state index in [0.29, 0.717) is 12.1 Å². The lowest BCUT2D eigenvalue weighted by molar-refractivity contribution is 0.0953. The molecule has 0 aliphatic heterocycles. The number of nitrogens with zero attached hydrogens (tertiary/aromatic N) is 1. The quantitative estimate of drug-likeness (QED) is 0.887. The number of aryl methyl sites for hydroxylation is 1. The first-order valence-electron chi connectivity index (χ1n) is 5.63. The maximum Gasteiger partial charge on any atom is 0.251 e. The van der Waals surface area contributed by atoms with Crippen molar-refractivity contribution in [2.24, 2.45) is 0 Å². The second-order valence-corrected chi connectivity index (χ2v) is 4.91. The maximum absolute atomic E-state index is 11.9. The molecular weight excluding hydrogens is 248 g/mol. The summed E-state index contributed by atoms with van der Waals surface area (Å²) in [5.74, 6) is 0.0518. The van der Waals surface area contributed by atoms with E-state index in [-0.39, 0.29) is 11.7 Å². The van der Waals surface area contributed by atoms with E-state index in [9.17, 15) is 9.90 Å². The summed E-state index contributed by atoms with van der Waals surface area (Å²) in [6.07, 6.45) is 2.49. The fraction of sp³-hybridized carbons (Fsp3) is 0.231. The predicted octanol–water partition coefficient (Wildman–Crippen LogP) is 2.13. The van der Waals surface area contributed by atoms with E-state index in [4.69, 9.17) is 0 Å². The Morgan fingerprint density at radius 1 is 1.50 bits per heavy atom. The highest BCUT2D eigenvalue weighted by Gasteiger charge is 2.08. The second kappa shape index (κ2) is 5.64. The number of amides is 1. The SMILES string of the molecule is Cc1cc(O)ccc1C(=O)NCCc1nccs1. The molecule has 0 bridgehead atoms. The van der Waals surface area contributed by atoms with Crippen LogP contribution in [0.1, 0.15) is 20.9 Å². The van der Waals surface area contributed by atoms with Crippen LogP contribution in [0.2, 0.25) is 0 Å². The Labute approximate surface area is 109 Å². The van der Waals surface area contributed by atoms with Crippen LogP contribution in [0, 0.1) is 6.92 Å². The van der Waals surface area contributed by atoms with Crippen molar-refractivity contribution in [3.05, 3.63) is 45.9 Å². The number of carbonyl (C=O) groups excluding carboxylic acids is 1. The van der Waals surface area contributed by atoms with Gasteiger partial charge in [-0.25, -0.2) is 4.98 Å². The summed E-state index contributed by atoms with van der Waals surface area (Å²) in [6.45, 7) is 2.36. The lowest BCUT2D eigenvalue weighted by Gasteiger charge is -2.07. The molecule has 5 heteroatoms. The molecule has 2 aromatic rings. The van der Waals surface area contributed by atoms with Gasteiger partial charge in [0.25, 0.3) is 5.91 Å². The van der Waals surface area contributed by atoms with Gasteiger partial charge in [0.05, 0.1) is 5.01 Å². The van der Waals surface area contributed by atoms with Crippen molar-refractivity contribution in [3.63, 3.8) is 0 Å². The van der Waals surface area contributed by atoms with Crippen molar-refractivity contribution >= 4 is 17.2 Å². The largest absolute Gasteiger partial charge is 0.508 e. The van der Waals surface area contributed by atoms with Crippen molar-refractivity contribution in [2.75, 3.05) is 6.54 Å². The number of aromatic hydroxyl groups is 1. The van der Waals surface area contributed by atoms with Gasteiger partial charge in [-0.15, -0.1) is 11.3 Å². The molecule has 1 heterocycles. The summed E-state index contributed by atoms with van der Waals surface area (Å²) in [4.78, 5) is 16.0. The number of carbonyl (C=O) groups is 1. The average Bonchev–Trinajstić information content (AvgIpc) is 2.81. The van der Waals surface area contributed by atoms with Crippen molar-refractivity contribution in [2.45, 2.75) is 13.3 Å². The van der Waals surface area contributed by atoms with Crippen LogP contribution in [-0.4, -0.2) is 22.5 Å². The Balaban J connectivity index is 1.91. The van der Waals surface area contributed by atoms with Gasteiger partial charge in [0, 0.05) is 30.1 Å². The molecule has 2 N–H and O–H groups in total. The molecule has 0 fully saturated rings. The summed E-state index contributed by atoms with van der Waals surface area (Å²) < 4.78 is 0. The molecule has 94 valence electrons. The predicted molar refractivity (Wildman–Crippen MR) is 71.0 cm³/mol. The highest BCUT2D eigenvalue weighted by atomic mass is 32.1. The third-order valence-corrected chi connectivity index (χ3v) is 3.40. The number of hydrogen-bond donors (Lipinski definition) is 2. The minimum absolute atomic E-state index is 0.121. The van der Waals surface area contributed by atoms with Crippen LogP contribution in [0.25, 0.3) is 0 Å². The highest BCUT2D eigenvalue weighted by molar-refractivity contribution is 7.09. The molecule has 0 unspecified atom stereocenters. The Bertz CT molecular complexity index is 538. The number of phenols is 1. The molecule has 0 radical (unpaired) electrons. The van der Waals surface area contributed by atoms with Gasteiger partial charge in [-0.2, -0.15) is 0 Å². The molecule has 0 aliphatic rings. The van der Waals surface area contributed by atoms with Crippen LogP contribution in [-0.2, 0) is 6.42 Å². The molecule has 0 atom stereocenters. The van der Waals surface area contributed by atoms with E-state index < -0.39 is 0 Å². The Hall–Kier alpha value is -1.88. The first kappa shape index (κ1) is 12.6. The van der Waals surface area contributed by atoms with E-state index in [2.05, 4.69) is 10.3 Å². The zero-order chi connectivity index (χ0) is 13.0. The van der Waals surface area contributed by atoms with Crippen LogP contribution in [0.15, 0.2) is 29.8 Å². The second-order valence-electron chi connectivity index (χ2n) is 3.93. The number of phenolic OH excluding ortho intramolecular Hbond substituents is 1. The third kappa shape index (κ3) is 3.07. The standard InChI is InChI=1S/C13H14N2O2S/c1-9-8-10(16)2-3-11(9)13(17)15-5-4-12-14-6-7-18-12/h2-3,6-8,16H,4-5H2,1H3,(H,15,17). The normalized spacial score (nSPS) is 10.3. The summed E-state index contributed by atoms with van der Waals surface area (Å²) in [5.41, 5.74) is 1.36. The molecular formula is C13H14N2O2S. The van der Waals surface area contributed by atoms with Crippen LogP contribution >= 0.6 is 11.3 Å². The topological polar surface area (TPSA) is 62.2 Å². The number of aromatic nitrogens is 1. The summed E-state index contributed by atoms with van der Waals surface area (Å²) in [5, 5.41) is 15.1. The van der Waals surface area contributed by atoms with E-state index in [0.717, 1.165) is 17.0 Å². The molecule has 0 saturated heterocycles. The van der Waals surface area contributed by atoms with Crippen molar-refractivity contribution in [1.82, 2.24) is 10.3 Å². The van der Waals surface area contributed by atoms with E-state index >= 15 is 0 Å². The highest BCUT2D eigenvalue weighted by Crippen LogP contribution is 2.15. The lowest BCUT2D eigenvalue weighted by atomic mass is 10.1. The molecule has 2 rings (SSSR count). The van der Waals surface area contributed by atoms with Gasteiger partial charge in [-0.05, 0) is 30.7 Å². The number of nitrogens with one attached hydrogen (secondary N) is 1. The number of benzene rings is 1. The van der Waals surface area contributed by atoms with Crippen molar-refractivity contribution < 1.29 is 9.90 Å². The first-order chi connectivity index (χ1) is 8.66. The van der Waals surface area contributed by atoms with Crippen LogP contribution < -0.4 is 5.32 Å². The zero-order valence-electron chi connectivity index (χ0n) is 10.0. The number of hydrogen-bond acceptors (Lipinski definition) is 4. The minimum Gasteiger partial charge on any atom is -0.508 e. The first-order valence-corrected chi connectivity index (χ1v) is 6.51. The van der Waals surface area contributed by atoms with Gasteiger partial charge < -0.3 is 10.4 Å². The molecule has 1 aromatic carbocycles. The lowest BCUT2D eigenvalue weighted by Crippen LogP contribution is -2.26. The zero-order valence-corrected chi connectivity index (χ0v) is 10.8. The Morgan fingerprint density at radius 2 is 2.33 bits per heavy atom. The van der Waals surface area contributed by atoms with Crippen LogP contribution in [0.4, 0.5) is 0 Å². The summed E-state index contributed by atoms with van der Waals surface area (Å²) >= 11 is 1.58. The Kier molecular flexibility index (Phi) is 3.94. The van der Waals surface area contributed by atoms with E-state index in [1.165, 1.54) is 6.07 Å². The van der Waals surface area contributed by atoms with Crippen molar-refractivity contribution in [3.8, 4) is 5.75 Å². The van der Waals surface area contributed by atoms with E-state index in [1.807, 2.05) is 5.38 Å². The summed E-state index contributed by atoms with van der Waals surface area (Å²) in [7, 11) is 0. The Morgan fingerprint density at radius 3 is 3.00 bits per heavy atom.